The maximum Gasteiger partial charge on any atom is 0.472 e. The van der Waals surface area contributed by atoms with Gasteiger partial charge in [0.2, 0.25) is 0 Å². The van der Waals surface area contributed by atoms with Crippen molar-refractivity contribution in [2.75, 3.05) is 13.2 Å². The molecule has 59 heavy (non-hydrogen) atoms. The molecule has 13 nitrogen and oxygen atoms in total. The van der Waals surface area contributed by atoms with Crippen molar-refractivity contribution in [1.29, 1.82) is 0 Å². The van der Waals surface area contributed by atoms with Crippen molar-refractivity contribution in [2.24, 2.45) is 0 Å². The Kier molecular flexibility index (Phi) is 34.4. The number of carbonyl (C=O) groups excluding carboxylic acids is 2. The zero-order chi connectivity index (χ0) is 43.6. The molecule has 14 heteroatoms. The average molecular weight is 867 g/mol. The van der Waals surface area contributed by atoms with Gasteiger partial charge >= 0.3 is 19.8 Å². The maximum atomic E-state index is 12.8. The van der Waals surface area contributed by atoms with Crippen molar-refractivity contribution < 1.29 is 63.1 Å². The number of unbranched alkanes of at least 4 members (excludes halogenated alkanes) is 28. The van der Waals surface area contributed by atoms with E-state index in [1.54, 1.807) is 0 Å². The lowest BCUT2D eigenvalue weighted by Crippen LogP contribution is -2.64. The summed E-state index contributed by atoms with van der Waals surface area (Å²) in [5, 5.41) is 50.1. The first kappa shape index (κ1) is 55.9. The Morgan fingerprint density at radius 3 is 1.12 bits per heavy atom. The van der Waals surface area contributed by atoms with Gasteiger partial charge in [-0.15, -0.1) is 0 Å². The molecule has 1 rings (SSSR count). The Labute approximate surface area is 357 Å². The number of carbonyl (C=O) groups is 2. The number of esters is 2. The molecule has 0 radical (unpaired) electrons. The van der Waals surface area contributed by atoms with Gasteiger partial charge in [0.25, 0.3) is 0 Å². The van der Waals surface area contributed by atoms with Gasteiger partial charge < -0.3 is 39.9 Å². The van der Waals surface area contributed by atoms with Crippen molar-refractivity contribution in [3.05, 3.63) is 0 Å². The van der Waals surface area contributed by atoms with Gasteiger partial charge in [0.1, 0.15) is 43.2 Å². The van der Waals surface area contributed by atoms with Crippen LogP contribution < -0.4 is 0 Å². The van der Waals surface area contributed by atoms with E-state index in [0.29, 0.717) is 12.8 Å². The van der Waals surface area contributed by atoms with E-state index in [1.807, 2.05) is 0 Å². The Balaban J connectivity index is 2.33. The van der Waals surface area contributed by atoms with Crippen molar-refractivity contribution in [3.8, 4) is 0 Å². The molecule has 1 fully saturated rings. The van der Waals surface area contributed by atoms with E-state index in [1.165, 1.54) is 135 Å². The average Bonchev–Trinajstić information content (AvgIpc) is 3.21. The van der Waals surface area contributed by atoms with E-state index in [0.717, 1.165) is 44.9 Å². The number of hydrogen-bond acceptors (Lipinski definition) is 12. The molecule has 6 unspecified atom stereocenters. The van der Waals surface area contributed by atoms with Crippen LogP contribution in [0.3, 0.4) is 0 Å². The van der Waals surface area contributed by atoms with Gasteiger partial charge in [-0.3, -0.25) is 18.6 Å². The summed E-state index contributed by atoms with van der Waals surface area (Å²) in [5.74, 6) is -1.09. The lowest BCUT2D eigenvalue weighted by molar-refractivity contribution is -0.220. The first-order valence-corrected chi connectivity index (χ1v) is 25.3. The van der Waals surface area contributed by atoms with Crippen LogP contribution in [0.2, 0.25) is 0 Å². The van der Waals surface area contributed by atoms with Crippen LogP contribution in [0.4, 0.5) is 0 Å². The van der Waals surface area contributed by atoms with Crippen molar-refractivity contribution >= 4 is 19.8 Å². The number of aliphatic hydroxyl groups excluding tert-OH is 5. The molecule has 0 aromatic rings. The summed E-state index contributed by atoms with van der Waals surface area (Å²) in [6, 6.07) is 0. The fourth-order valence-corrected chi connectivity index (χ4v) is 8.56. The third-order valence-corrected chi connectivity index (χ3v) is 12.4. The van der Waals surface area contributed by atoms with E-state index in [2.05, 4.69) is 13.8 Å². The number of aliphatic hydroxyl groups is 5. The third-order valence-electron chi connectivity index (χ3n) is 11.4. The molecule has 1 aliphatic rings. The second-order valence-electron chi connectivity index (χ2n) is 17.0. The fourth-order valence-electron chi connectivity index (χ4n) is 7.58. The molecule has 0 aliphatic heterocycles. The van der Waals surface area contributed by atoms with Crippen LogP contribution in [0.25, 0.3) is 0 Å². The molecule has 8 atom stereocenters. The van der Waals surface area contributed by atoms with Crippen LogP contribution in [0, 0.1) is 0 Å². The van der Waals surface area contributed by atoms with Crippen molar-refractivity contribution in [2.45, 2.75) is 262 Å². The van der Waals surface area contributed by atoms with Crippen molar-refractivity contribution in [3.63, 3.8) is 0 Å². The molecule has 1 aliphatic carbocycles. The molecule has 0 bridgehead atoms. The van der Waals surface area contributed by atoms with Crippen LogP contribution in [0.5, 0.6) is 0 Å². The highest BCUT2D eigenvalue weighted by molar-refractivity contribution is 7.47. The third kappa shape index (κ3) is 29.0. The zero-order valence-corrected chi connectivity index (χ0v) is 38.0. The first-order chi connectivity index (χ1) is 28.4. The smallest absolute Gasteiger partial charge is 0.462 e. The molecule has 0 saturated heterocycles. The van der Waals surface area contributed by atoms with E-state index < -0.39 is 75.7 Å². The van der Waals surface area contributed by atoms with Crippen LogP contribution in [0.15, 0.2) is 0 Å². The minimum absolute atomic E-state index is 0.103. The Morgan fingerprint density at radius 1 is 0.458 bits per heavy atom. The predicted molar refractivity (Wildman–Crippen MR) is 231 cm³/mol. The summed E-state index contributed by atoms with van der Waals surface area (Å²) < 4.78 is 33.5. The van der Waals surface area contributed by atoms with Crippen molar-refractivity contribution in [1.82, 2.24) is 0 Å². The fraction of sp³-hybridized carbons (Fsp3) is 0.956. The lowest BCUT2D eigenvalue weighted by Gasteiger charge is -2.41. The molecular formula is C45H87O13P. The van der Waals surface area contributed by atoms with E-state index in [-0.39, 0.29) is 12.8 Å². The number of ether oxygens (including phenoxy) is 2. The highest BCUT2D eigenvalue weighted by Crippen LogP contribution is 2.47. The Hall–Kier alpha value is -1.15. The molecule has 0 aromatic heterocycles. The number of hydrogen-bond donors (Lipinski definition) is 6. The molecule has 0 aromatic carbocycles. The molecule has 1 saturated carbocycles. The summed E-state index contributed by atoms with van der Waals surface area (Å²) >= 11 is 0. The molecular weight excluding hydrogens is 779 g/mol. The van der Waals surface area contributed by atoms with Crippen LogP contribution in [0.1, 0.15) is 219 Å². The highest BCUT2D eigenvalue weighted by Gasteiger charge is 2.51. The number of phosphoric ester groups is 1. The van der Waals surface area contributed by atoms with Gasteiger partial charge in [0, 0.05) is 12.8 Å². The summed E-state index contributed by atoms with van der Waals surface area (Å²) in [7, 11) is -5.10. The minimum Gasteiger partial charge on any atom is -0.462 e. The minimum atomic E-state index is -5.10. The van der Waals surface area contributed by atoms with Gasteiger partial charge in [-0.25, -0.2) is 4.57 Å². The first-order valence-electron chi connectivity index (χ1n) is 23.8. The maximum absolute atomic E-state index is 12.8. The molecule has 0 heterocycles. The topological polar surface area (TPSA) is 210 Å². The van der Waals surface area contributed by atoms with Gasteiger partial charge in [-0.05, 0) is 12.8 Å². The number of phosphoric acid groups is 1. The summed E-state index contributed by atoms with van der Waals surface area (Å²) in [6.07, 6.45) is 23.3. The van der Waals surface area contributed by atoms with E-state index in [9.17, 15) is 44.6 Å². The molecule has 6 N–H and O–H groups in total. The van der Waals surface area contributed by atoms with E-state index >= 15 is 0 Å². The lowest BCUT2D eigenvalue weighted by atomic mass is 9.85. The van der Waals surface area contributed by atoms with Crippen LogP contribution >= 0.6 is 7.82 Å². The zero-order valence-electron chi connectivity index (χ0n) is 37.1. The summed E-state index contributed by atoms with van der Waals surface area (Å²) in [5.41, 5.74) is 0. The largest absolute Gasteiger partial charge is 0.472 e. The quantitative estimate of drug-likeness (QED) is 0.0193. The number of rotatable bonds is 40. The molecule has 0 spiro atoms. The van der Waals surface area contributed by atoms with Gasteiger partial charge in [0.15, 0.2) is 6.10 Å². The monoisotopic (exact) mass is 867 g/mol. The Bertz CT molecular complexity index is 1050. The second kappa shape index (κ2) is 36.3. The van der Waals surface area contributed by atoms with Gasteiger partial charge in [-0.2, -0.15) is 0 Å². The predicted octanol–water partition coefficient (Wildman–Crippen LogP) is 9.28. The normalized spacial score (nSPS) is 22.2. The SMILES string of the molecule is CCCCCCCCCCCCCCCCCCCCCCCC(=O)OC[C@@H](COP(=O)(O)OC1C(O)C(O)C(O)[C@H](O)C1O)OC(=O)CCCCCCCCCCC. The molecule has 0 amide bonds. The van der Waals surface area contributed by atoms with Crippen LogP contribution in [-0.2, 0) is 32.7 Å². The second-order valence-corrected chi connectivity index (χ2v) is 18.4. The standard InChI is InChI=1S/C45H87O13P/c1-3-5-7-9-11-13-14-15-16-17-18-19-20-21-22-23-24-26-27-29-31-33-38(46)55-35-37(57-39(47)34-32-30-28-25-12-10-8-6-4-2)36-56-59(53,54)58-45-43(51)41(49)40(48)42(50)44(45)52/h37,40-45,48-52H,3-36H2,1-2H3,(H,53,54)/t37-,40?,41-,42?,43?,44?,45?/m0/s1. The van der Waals surface area contributed by atoms with Gasteiger partial charge in [0.05, 0.1) is 6.61 Å². The Morgan fingerprint density at radius 2 is 0.763 bits per heavy atom. The summed E-state index contributed by atoms with van der Waals surface area (Å²) in [6.45, 7) is 3.29. The highest BCUT2D eigenvalue weighted by atomic mass is 31.2. The van der Waals surface area contributed by atoms with E-state index in [4.69, 9.17) is 18.5 Å². The van der Waals surface area contributed by atoms with Crippen LogP contribution in [-0.4, -0.2) is 98.3 Å². The molecule has 350 valence electrons. The summed E-state index contributed by atoms with van der Waals surface area (Å²) in [4.78, 5) is 35.6. The van der Waals surface area contributed by atoms with Gasteiger partial charge in [-0.1, -0.05) is 194 Å².